The van der Waals surface area contributed by atoms with Crippen molar-refractivity contribution in [1.29, 1.82) is 0 Å². The van der Waals surface area contributed by atoms with Gasteiger partial charge in [0.25, 0.3) is 0 Å². The van der Waals surface area contributed by atoms with Crippen molar-refractivity contribution in [2.24, 2.45) is 4.99 Å². The van der Waals surface area contributed by atoms with Crippen molar-refractivity contribution in [1.82, 2.24) is 0 Å². The van der Waals surface area contributed by atoms with E-state index in [-0.39, 0.29) is 11.4 Å². The predicted molar refractivity (Wildman–Crippen MR) is 79.8 cm³/mol. The van der Waals surface area contributed by atoms with Gasteiger partial charge in [0.1, 0.15) is 5.57 Å². The summed E-state index contributed by atoms with van der Waals surface area (Å²) in [7, 11) is 0. The average molecular weight is 329 g/mol. The molecule has 0 aromatic heterocycles. The highest BCUT2D eigenvalue weighted by molar-refractivity contribution is 6.33. The molecule has 1 N–H and O–H groups in total. The summed E-state index contributed by atoms with van der Waals surface area (Å²) in [5.41, 5.74) is -0.137. The molecule has 0 saturated carbocycles. The van der Waals surface area contributed by atoms with E-state index in [1.54, 1.807) is 30.3 Å². The van der Waals surface area contributed by atoms with Gasteiger partial charge in [0.05, 0.1) is 11.4 Å². The number of ether oxygens (including phenoxy) is 1. The number of aliphatic imine (C=N–C) groups is 1. The molecule has 0 atom stereocenters. The molecule has 0 aliphatic carbocycles. The molecule has 0 spiro atoms. The van der Waals surface area contributed by atoms with Crippen LogP contribution >= 0.6 is 0 Å². The first-order chi connectivity index (χ1) is 11.5. The van der Waals surface area contributed by atoms with Crippen LogP contribution in [-0.2, 0) is 14.3 Å². The third kappa shape index (κ3) is 2.79. The lowest BCUT2D eigenvalue weighted by Gasteiger charge is -2.06. The Morgan fingerprint density at radius 3 is 2.25 bits per heavy atom. The Morgan fingerprint density at radius 2 is 1.67 bits per heavy atom. The van der Waals surface area contributed by atoms with Crippen molar-refractivity contribution in [2.45, 2.75) is 0 Å². The molecule has 1 aliphatic heterocycles. The van der Waals surface area contributed by atoms with Crippen LogP contribution in [0, 0.1) is 11.6 Å². The number of esters is 2. The molecule has 1 aliphatic rings. The zero-order chi connectivity index (χ0) is 17.3. The summed E-state index contributed by atoms with van der Waals surface area (Å²) in [4.78, 5) is 27.3. The molecule has 3 rings (SSSR count). The van der Waals surface area contributed by atoms with E-state index >= 15 is 0 Å². The molecular weight excluding hydrogens is 320 g/mol. The highest BCUT2D eigenvalue weighted by atomic mass is 19.2. The summed E-state index contributed by atoms with van der Waals surface area (Å²) in [5.74, 6) is -5.31. The van der Waals surface area contributed by atoms with Crippen LogP contribution in [-0.4, -0.2) is 22.8 Å². The minimum atomic E-state index is -1.19. The van der Waals surface area contributed by atoms with Crippen molar-refractivity contribution in [3.63, 3.8) is 0 Å². The van der Waals surface area contributed by atoms with E-state index in [0.717, 1.165) is 12.1 Å². The maximum absolute atomic E-state index is 13.4. The number of hydrogen-bond donors (Lipinski definition) is 1. The Kier molecular flexibility index (Phi) is 3.91. The minimum Gasteiger partial charge on any atom is -0.501 e. The second-order valence-corrected chi connectivity index (χ2v) is 4.83. The zero-order valence-corrected chi connectivity index (χ0v) is 12.0. The molecular formula is C17H9F2NO4. The predicted octanol–water partition coefficient (Wildman–Crippen LogP) is 2.98. The number of aliphatic hydroxyl groups excluding tert-OH is 1. The van der Waals surface area contributed by atoms with Crippen molar-refractivity contribution in [3.8, 4) is 0 Å². The maximum Gasteiger partial charge on any atom is 0.382 e. The summed E-state index contributed by atoms with van der Waals surface area (Å²) in [6.45, 7) is 0. The molecule has 0 unspecified atom stereocenters. The third-order valence-electron chi connectivity index (χ3n) is 3.25. The van der Waals surface area contributed by atoms with E-state index in [9.17, 15) is 23.5 Å². The topological polar surface area (TPSA) is 76.0 Å². The van der Waals surface area contributed by atoms with Crippen molar-refractivity contribution in [2.75, 3.05) is 0 Å². The number of aliphatic hydroxyl groups is 1. The van der Waals surface area contributed by atoms with Gasteiger partial charge in [-0.05, 0) is 12.1 Å². The molecule has 2 aromatic carbocycles. The number of carbonyl (C=O) groups excluding carboxylic acids is 2. The second-order valence-electron chi connectivity index (χ2n) is 4.83. The first-order valence-electron chi connectivity index (χ1n) is 6.76. The van der Waals surface area contributed by atoms with Gasteiger partial charge in [-0.15, -0.1) is 0 Å². The molecule has 2 aromatic rings. The summed E-state index contributed by atoms with van der Waals surface area (Å²) in [6.07, 6.45) is 0. The van der Waals surface area contributed by atoms with E-state index in [1.807, 2.05) is 0 Å². The second kappa shape index (κ2) is 6.04. The SMILES string of the molecule is O=C1OC(=O)C(C(=Nc2ccc(F)c(F)c2)c2ccccc2)=C1O. The lowest BCUT2D eigenvalue weighted by Crippen LogP contribution is -2.12. The van der Waals surface area contributed by atoms with Crippen molar-refractivity contribution < 1.29 is 28.2 Å². The van der Waals surface area contributed by atoms with E-state index in [1.165, 1.54) is 6.07 Å². The minimum absolute atomic E-state index is 0.000187. The summed E-state index contributed by atoms with van der Waals surface area (Å²) >= 11 is 0. The maximum atomic E-state index is 13.4. The molecule has 0 amide bonds. The van der Waals surface area contributed by atoms with Gasteiger partial charge in [0, 0.05) is 11.6 Å². The smallest absolute Gasteiger partial charge is 0.382 e. The fourth-order valence-electron chi connectivity index (χ4n) is 2.14. The molecule has 7 heteroatoms. The number of cyclic esters (lactones) is 2. The lowest BCUT2D eigenvalue weighted by atomic mass is 10.0. The van der Waals surface area contributed by atoms with Crippen LogP contribution in [0.3, 0.4) is 0 Å². The van der Waals surface area contributed by atoms with Crippen LogP contribution in [0.4, 0.5) is 14.5 Å². The molecule has 0 saturated heterocycles. The first-order valence-corrected chi connectivity index (χ1v) is 6.76. The summed E-state index contributed by atoms with van der Waals surface area (Å²) < 4.78 is 30.8. The Labute approximate surface area is 134 Å². The van der Waals surface area contributed by atoms with Crippen molar-refractivity contribution >= 4 is 23.3 Å². The molecule has 5 nitrogen and oxygen atoms in total. The van der Waals surface area contributed by atoms with E-state index in [4.69, 9.17) is 0 Å². The Hall–Kier alpha value is -3.35. The number of halogens is 2. The average Bonchev–Trinajstić information content (AvgIpc) is 2.82. The number of rotatable bonds is 3. The Balaban J connectivity index is 2.20. The van der Waals surface area contributed by atoms with Crippen molar-refractivity contribution in [3.05, 3.63) is 77.1 Å². The highest BCUT2D eigenvalue weighted by Crippen LogP contribution is 2.25. The van der Waals surface area contributed by atoms with Crippen LogP contribution in [0.5, 0.6) is 0 Å². The van der Waals surface area contributed by atoms with Gasteiger partial charge in [-0.25, -0.2) is 23.4 Å². The quantitative estimate of drug-likeness (QED) is 0.533. The zero-order valence-electron chi connectivity index (χ0n) is 12.0. The Morgan fingerprint density at radius 1 is 0.958 bits per heavy atom. The third-order valence-corrected chi connectivity index (χ3v) is 3.25. The fraction of sp³-hybridized carbons (Fsp3) is 0. The van der Waals surface area contributed by atoms with Gasteiger partial charge in [-0.2, -0.15) is 0 Å². The molecule has 0 radical (unpaired) electrons. The van der Waals surface area contributed by atoms with Gasteiger partial charge >= 0.3 is 11.9 Å². The van der Waals surface area contributed by atoms with Crippen LogP contribution < -0.4 is 0 Å². The van der Waals surface area contributed by atoms with E-state index < -0.39 is 34.9 Å². The lowest BCUT2D eigenvalue weighted by molar-refractivity contribution is -0.152. The van der Waals surface area contributed by atoms with Gasteiger partial charge in [0.15, 0.2) is 11.6 Å². The standard InChI is InChI=1S/C17H9F2NO4/c18-11-7-6-10(8-12(11)19)20-14(9-4-2-1-3-5-9)13-15(21)17(23)24-16(13)22/h1-8,21H. The van der Waals surface area contributed by atoms with E-state index in [2.05, 4.69) is 9.73 Å². The number of hydrogen-bond acceptors (Lipinski definition) is 5. The van der Waals surface area contributed by atoms with Gasteiger partial charge in [-0.1, -0.05) is 30.3 Å². The van der Waals surface area contributed by atoms with Crippen LogP contribution in [0.25, 0.3) is 0 Å². The van der Waals surface area contributed by atoms with E-state index in [0.29, 0.717) is 5.56 Å². The molecule has 120 valence electrons. The Bertz CT molecular complexity index is 904. The summed E-state index contributed by atoms with van der Waals surface area (Å²) in [6, 6.07) is 11.1. The molecule has 24 heavy (non-hydrogen) atoms. The van der Waals surface area contributed by atoms with Crippen LogP contribution in [0.2, 0.25) is 0 Å². The number of carbonyl (C=O) groups is 2. The van der Waals surface area contributed by atoms with Crippen LogP contribution in [0.15, 0.2) is 64.9 Å². The largest absolute Gasteiger partial charge is 0.501 e. The monoisotopic (exact) mass is 329 g/mol. The number of benzene rings is 2. The normalized spacial score (nSPS) is 15.0. The number of nitrogens with zero attached hydrogens (tertiary/aromatic N) is 1. The molecule has 0 fully saturated rings. The van der Waals surface area contributed by atoms with Gasteiger partial charge < -0.3 is 9.84 Å². The van der Waals surface area contributed by atoms with Gasteiger partial charge in [0.2, 0.25) is 5.76 Å². The molecule has 1 heterocycles. The highest BCUT2D eigenvalue weighted by Gasteiger charge is 2.36. The van der Waals surface area contributed by atoms with Crippen LogP contribution in [0.1, 0.15) is 5.56 Å². The molecule has 0 bridgehead atoms. The van der Waals surface area contributed by atoms with Gasteiger partial charge in [-0.3, -0.25) is 0 Å². The summed E-state index contributed by atoms with van der Waals surface area (Å²) in [5, 5.41) is 9.81. The fourth-order valence-corrected chi connectivity index (χ4v) is 2.14. The first kappa shape index (κ1) is 15.5.